The van der Waals surface area contributed by atoms with Gasteiger partial charge in [-0.25, -0.2) is 0 Å². The van der Waals surface area contributed by atoms with E-state index in [9.17, 15) is 4.79 Å². The second-order valence-corrected chi connectivity index (χ2v) is 7.28. The van der Waals surface area contributed by atoms with Gasteiger partial charge < -0.3 is 5.32 Å². The third-order valence-electron chi connectivity index (χ3n) is 5.77. The number of carbonyl (C=O) groups is 1. The van der Waals surface area contributed by atoms with Crippen LogP contribution in [-0.4, -0.2) is 16.1 Å². The molecule has 1 aromatic rings. The third-order valence-corrected chi connectivity index (χ3v) is 5.77. The Bertz CT molecular complexity index is 498. The summed E-state index contributed by atoms with van der Waals surface area (Å²) in [4.78, 5) is 12.8. The van der Waals surface area contributed by atoms with Crippen LogP contribution in [0, 0.1) is 23.2 Å². The van der Waals surface area contributed by atoms with Crippen LogP contribution in [0.15, 0.2) is 6.07 Å². The Morgan fingerprint density at radius 3 is 2.40 bits per heavy atom. The minimum absolute atomic E-state index is 0.0833. The topological polar surface area (TPSA) is 57.8 Å². The van der Waals surface area contributed by atoms with Crippen molar-refractivity contribution < 1.29 is 4.79 Å². The number of nitrogens with one attached hydrogen (secondary N) is 2. The van der Waals surface area contributed by atoms with Crippen LogP contribution in [0.4, 0.5) is 5.82 Å². The maximum Gasteiger partial charge on any atom is 0.231 e. The first-order valence-electron chi connectivity index (χ1n) is 8.02. The molecule has 5 rings (SSSR count). The minimum Gasteiger partial charge on any atom is -0.309 e. The fourth-order valence-electron chi connectivity index (χ4n) is 5.24. The average molecular weight is 273 g/mol. The van der Waals surface area contributed by atoms with Gasteiger partial charge in [0.15, 0.2) is 5.82 Å². The summed E-state index contributed by atoms with van der Waals surface area (Å²) in [6, 6.07) is 1.96. The number of carbonyl (C=O) groups excluding carboxylic acids is 1. The Labute approximate surface area is 119 Å². The Balaban J connectivity index is 1.53. The Morgan fingerprint density at radius 1 is 1.30 bits per heavy atom. The van der Waals surface area contributed by atoms with Gasteiger partial charge in [-0.3, -0.25) is 9.89 Å². The van der Waals surface area contributed by atoms with Gasteiger partial charge in [-0.15, -0.1) is 0 Å². The molecule has 108 valence electrons. The molecule has 4 fully saturated rings. The van der Waals surface area contributed by atoms with E-state index in [1.165, 1.54) is 19.3 Å². The summed E-state index contributed by atoms with van der Waals surface area (Å²) < 4.78 is 0. The fraction of sp³-hybridized carbons (Fsp3) is 0.750. The number of amides is 1. The van der Waals surface area contributed by atoms with Crippen LogP contribution in [-0.2, 0) is 11.2 Å². The highest BCUT2D eigenvalue weighted by Gasteiger charge is 2.54. The van der Waals surface area contributed by atoms with Crippen LogP contribution in [0.2, 0.25) is 0 Å². The van der Waals surface area contributed by atoms with Gasteiger partial charge in [-0.1, -0.05) is 6.92 Å². The molecular formula is C16H23N3O. The Hall–Kier alpha value is -1.32. The number of aromatic amines is 1. The van der Waals surface area contributed by atoms with Crippen molar-refractivity contribution in [3.63, 3.8) is 0 Å². The molecule has 4 saturated carbocycles. The van der Waals surface area contributed by atoms with E-state index in [4.69, 9.17) is 0 Å². The summed E-state index contributed by atoms with van der Waals surface area (Å²) in [6.45, 7) is 2.08. The van der Waals surface area contributed by atoms with Crippen molar-refractivity contribution in [2.45, 2.75) is 51.9 Å². The second-order valence-electron chi connectivity index (χ2n) is 7.28. The van der Waals surface area contributed by atoms with Crippen molar-refractivity contribution in [1.29, 1.82) is 0 Å². The molecule has 0 aromatic carbocycles. The van der Waals surface area contributed by atoms with E-state index in [1.54, 1.807) is 0 Å². The molecule has 1 aromatic heterocycles. The van der Waals surface area contributed by atoms with E-state index in [2.05, 4.69) is 22.4 Å². The molecule has 0 aliphatic heterocycles. The smallest absolute Gasteiger partial charge is 0.231 e. The van der Waals surface area contributed by atoms with E-state index in [-0.39, 0.29) is 11.3 Å². The number of anilines is 1. The number of H-pyrrole nitrogens is 1. The quantitative estimate of drug-likeness (QED) is 0.889. The highest BCUT2D eigenvalue weighted by molar-refractivity contribution is 5.95. The fourth-order valence-corrected chi connectivity index (χ4v) is 5.24. The normalized spacial score (nSPS) is 38.1. The van der Waals surface area contributed by atoms with E-state index >= 15 is 0 Å². The number of hydrogen-bond donors (Lipinski definition) is 2. The van der Waals surface area contributed by atoms with Gasteiger partial charge in [-0.05, 0) is 62.7 Å². The first-order chi connectivity index (χ1) is 9.67. The van der Waals surface area contributed by atoms with Gasteiger partial charge in [-0.2, -0.15) is 5.10 Å². The molecule has 1 amide bonds. The summed E-state index contributed by atoms with van der Waals surface area (Å²) in [5, 5.41) is 10.2. The molecule has 0 saturated heterocycles. The lowest BCUT2D eigenvalue weighted by molar-refractivity contribution is -0.140. The molecular weight excluding hydrogens is 250 g/mol. The summed E-state index contributed by atoms with van der Waals surface area (Å²) in [5.74, 6) is 3.33. The van der Waals surface area contributed by atoms with Crippen molar-refractivity contribution in [1.82, 2.24) is 10.2 Å². The van der Waals surface area contributed by atoms with Gasteiger partial charge in [0.25, 0.3) is 0 Å². The van der Waals surface area contributed by atoms with Crippen molar-refractivity contribution in [2.24, 2.45) is 23.2 Å². The monoisotopic (exact) mass is 273 g/mol. The first-order valence-corrected chi connectivity index (χ1v) is 8.02. The molecule has 4 aliphatic carbocycles. The zero-order valence-electron chi connectivity index (χ0n) is 12.1. The molecule has 2 N–H and O–H groups in total. The number of rotatable bonds is 3. The number of nitrogens with zero attached hydrogens (tertiary/aromatic N) is 1. The zero-order chi connectivity index (χ0) is 13.7. The number of aromatic nitrogens is 2. The maximum atomic E-state index is 12.8. The zero-order valence-corrected chi connectivity index (χ0v) is 12.1. The van der Waals surface area contributed by atoms with Crippen molar-refractivity contribution in [3.8, 4) is 0 Å². The molecule has 20 heavy (non-hydrogen) atoms. The Morgan fingerprint density at radius 2 is 1.90 bits per heavy atom. The van der Waals surface area contributed by atoms with Crippen molar-refractivity contribution >= 4 is 11.7 Å². The molecule has 1 heterocycles. The molecule has 4 heteroatoms. The van der Waals surface area contributed by atoms with E-state index in [1.807, 2.05) is 6.07 Å². The van der Waals surface area contributed by atoms with Crippen molar-refractivity contribution in [2.75, 3.05) is 5.32 Å². The van der Waals surface area contributed by atoms with Gasteiger partial charge in [0.1, 0.15) is 0 Å². The van der Waals surface area contributed by atoms with E-state index in [0.29, 0.717) is 5.82 Å². The van der Waals surface area contributed by atoms with E-state index in [0.717, 1.165) is 49.1 Å². The largest absolute Gasteiger partial charge is 0.309 e. The maximum absolute atomic E-state index is 12.8. The molecule has 4 nitrogen and oxygen atoms in total. The molecule has 0 spiro atoms. The number of aryl methyl sites for hydroxylation is 1. The van der Waals surface area contributed by atoms with Crippen LogP contribution in [0.3, 0.4) is 0 Å². The van der Waals surface area contributed by atoms with Gasteiger partial charge in [0.05, 0.1) is 5.41 Å². The van der Waals surface area contributed by atoms with Gasteiger partial charge >= 0.3 is 0 Å². The standard InChI is InChI=1S/C16H23N3O/c1-2-13-6-14(19-18-13)17-15(20)16-7-10-3-11(8-16)5-12(4-10)9-16/h6,10-12H,2-5,7-9H2,1H3,(H2,17,18,19,20). The lowest BCUT2D eigenvalue weighted by atomic mass is 9.49. The highest BCUT2D eigenvalue weighted by atomic mass is 16.2. The molecule has 4 bridgehead atoms. The lowest BCUT2D eigenvalue weighted by Gasteiger charge is -2.55. The van der Waals surface area contributed by atoms with Gasteiger partial charge in [0, 0.05) is 11.8 Å². The molecule has 4 aliphatic rings. The van der Waals surface area contributed by atoms with Crippen LogP contribution >= 0.6 is 0 Å². The van der Waals surface area contributed by atoms with Crippen LogP contribution in [0.5, 0.6) is 0 Å². The Kier molecular flexibility index (Phi) is 2.69. The molecule has 0 atom stereocenters. The second kappa shape index (κ2) is 4.34. The summed E-state index contributed by atoms with van der Waals surface area (Å²) >= 11 is 0. The highest BCUT2D eigenvalue weighted by Crippen LogP contribution is 2.60. The SMILES string of the molecule is CCc1cc(NC(=O)C23CC4CC(CC(C4)C2)C3)n[nH]1. The van der Waals surface area contributed by atoms with Crippen LogP contribution in [0.1, 0.15) is 51.1 Å². The number of hydrogen-bond acceptors (Lipinski definition) is 2. The summed E-state index contributed by atoms with van der Waals surface area (Å²) in [7, 11) is 0. The average Bonchev–Trinajstić information content (AvgIpc) is 2.85. The predicted octanol–water partition coefficient (Wildman–Crippen LogP) is 3.13. The van der Waals surface area contributed by atoms with Crippen LogP contribution in [0.25, 0.3) is 0 Å². The first kappa shape index (κ1) is 12.4. The lowest BCUT2D eigenvalue weighted by Crippen LogP contribution is -2.51. The predicted molar refractivity (Wildman–Crippen MR) is 77.2 cm³/mol. The minimum atomic E-state index is -0.0833. The molecule has 0 radical (unpaired) electrons. The summed E-state index contributed by atoms with van der Waals surface area (Å²) in [5.41, 5.74) is 0.992. The third kappa shape index (κ3) is 1.88. The van der Waals surface area contributed by atoms with Crippen LogP contribution < -0.4 is 5.32 Å². The summed E-state index contributed by atoms with van der Waals surface area (Å²) in [6.07, 6.45) is 8.35. The van der Waals surface area contributed by atoms with Crippen molar-refractivity contribution in [3.05, 3.63) is 11.8 Å². The van der Waals surface area contributed by atoms with E-state index < -0.39 is 0 Å². The van der Waals surface area contributed by atoms with Gasteiger partial charge in [0.2, 0.25) is 5.91 Å². The molecule has 0 unspecified atom stereocenters.